The summed E-state index contributed by atoms with van der Waals surface area (Å²) in [5, 5.41) is 12.1. The number of carbonyl (C=O) groups is 1. The van der Waals surface area contributed by atoms with Crippen LogP contribution in [0.3, 0.4) is 0 Å². The van der Waals surface area contributed by atoms with Gasteiger partial charge in [-0.15, -0.1) is 0 Å². The van der Waals surface area contributed by atoms with Crippen LogP contribution in [0.1, 0.15) is 16.9 Å². The first-order chi connectivity index (χ1) is 10.2. The van der Waals surface area contributed by atoms with E-state index >= 15 is 0 Å². The van der Waals surface area contributed by atoms with Crippen molar-refractivity contribution in [2.75, 3.05) is 23.3 Å². The van der Waals surface area contributed by atoms with Crippen LogP contribution >= 0.6 is 0 Å². The van der Waals surface area contributed by atoms with Gasteiger partial charge in [0.15, 0.2) is 5.69 Å². The molecule has 0 spiro atoms. The van der Waals surface area contributed by atoms with E-state index in [-0.39, 0.29) is 11.7 Å². The molecule has 0 aliphatic carbocycles. The molecule has 2 N–H and O–H groups in total. The van der Waals surface area contributed by atoms with Crippen LogP contribution in [0.2, 0.25) is 0 Å². The molecule has 1 atom stereocenters. The van der Waals surface area contributed by atoms with Crippen molar-refractivity contribution in [2.45, 2.75) is 12.5 Å². The molecular weight excluding hydrogens is 268 g/mol. The topological polar surface area (TPSA) is 78.3 Å². The van der Waals surface area contributed by atoms with Crippen LogP contribution in [0, 0.1) is 0 Å². The molecule has 0 radical (unpaired) electrons. The average molecular weight is 284 g/mol. The molecule has 108 valence electrons. The fourth-order valence-corrected chi connectivity index (χ4v) is 2.47. The fraction of sp³-hybridized carbons (Fsp3) is 0.267. The van der Waals surface area contributed by atoms with Gasteiger partial charge >= 0.3 is 5.97 Å². The summed E-state index contributed by atoms with van der Waals surface area (Å²) in [5.41, 5.74) is 1.17. The van der Waals surface area contributed by atoms with Gasteiger partial charge in [-0.05, 0) is 18.6 Å². The minimum atomic E-state index is -1.06. The molecule has 1 aromatic heterocycles. The predicted molar refractivity (Wildman–Crippen MR) is 79.7 cm³/mol. The molecule has 6 heteroatoms. The zero-order valence-electron chi connectivity index (χ0n) is 11.4. The highest BCUT2D eigenvalue weighted by molar-refractivity contribution is 5.84. The van der Waals surface area contributed by atoms with Gasteiger partial charge in [0.05, 0.1) is 12.4 Å². The summed E-state index contributed by atoms with van der Waals surface area (Å²) in [6, 6.07) is 10.6. The number of hydrogen-bond donors (Lipinski definition) is 2. The molecule has 0 saturated carbocycles. The third-order valence-electron chi connectivity index (χ3n) is 3.53. The number of aromatic nitrogens is 2. The molecule has 21 heavy (non-hydrogen) atoms. The second-order valence-corrected chi connectivity index (χ2v) is 5.00. The van der Waals surface area contributed by atoms with Crippen LogP contribution < -0.4 is 10.2 Å². The molecular formula is C15H16N4O2. The van der Waals surface area contributed by atoms with E-state index < -0.39 is 5.97 Å². The largest absolute Gasteiger partial charge is 0.476 e. The lowest BCUT2D eigenvalue weighted by Crippen LogP contribution is -2.26. The lowest BCUT2D eigenvalue weighted by Gasteiger charge is -2.19. The number of rotatable bonds is 4. The molecule has 1 aromatic carbocycles. The third-order valence-corrected chi connectivity index (χ3v) is 3.53. The maximum absolute atomic E-state index is 10.7. The van der Waals surface area contributed by atoms with Crippen molar-refractivity contribution in [3.05, 3.63) is 48.4 Å². The van der Waals surface area contributed by atoms with Crippen LogP contribution in [0.15, 0.2) is 42.7 Å². The van der Waals surface area contributed by atoms with Crippen molar-refractivity contribution in [3.63, 3.8) is 0 Å². The predicted octanol–water partition coefficient (Wildman–Crippen LogP) is 1.87. The Labute approximate surface area is 122 Å². The minimum Gasteiger partial charge on any atom is -0.476 e. The van der Waals surface area contributed by atoms with Gasteiger partial charge < -0.3 is 15.3 Å². The SMILES string of the molecule is O=C(O)c1cnc(NC2CCN(c3ccccc3)C2)cn1. The first-order valence-corrected chi connectivity index (χ1v) is 6.84. The Morgan fingerprint density at radius 2 is 2.05 bits per heavy atom. The Balaban J connectivity index is 1.61. The number of nitrogens with one attached hydrogen (secondary N) is 1. The van der Waals surface area contributed by atoms with Gasteiger partial charge in [-0.3, -0.25) is 0 Å². The maximum atomic E-state index is 10.7. The van der Waals surface area contributed by atoms with Crippen molar-refractivity contribution < 1.29 is 9.90 Å². The average Bonchev–Trinajstić information content (AvgIpc) is 2.97. The quantitative estimate of drug-likeness (QED) is 0.892. The summed E-state index contributed by atoms with van der Waals surface area (Å²) in [6.07, 6.45) is 3.75. The number of carboxylic acid groups (broad SMARTS) is 1. The Hall–Kier alpha value is -2.63. The highest BCUT2D eigenvalue weighted by Crippen LogP contribution is 2.21. The first kappa shape index (κ1) is 13.4. The van der Waals surface area contributed by atoms with E-state index in [2.05, 4.69) is 32.3 Å². The van der Waals surface area contributed by atoms with Gasteiger partial charge in [0, 0.05) is 24.8 Å². The van der Waals surface area contributed by atoms with Crippen LogP contribution in [-0.2, 0) is 0 Å². The molecule has 3 rings (SSSR count). The van der Waals surface area contributed by atoms with Crippen molar-refractivity contribution in [1.82, 2.24) is 9.97 Å². The van der Waals surface area contributed by atoms with Crippen LogP contribution in [-0.4, -0.2) is 40.2 Å². The highest BCUT2D eigenvalue weighted by atomic mass is 16.4. The first-order valence-electron chi connectivity index (χ1n) is 6.84. The number of para-hydroxylation sites is 1. The second kappa shape index (κ2) is 5.78. The van der Waals surface area contributed by atoms with Gasteiger partial charge in [0.1, 0.15) is 5.82 Å². The summed E-state index contributed by atoms with van der Waals surface area (Å²) in [5.74, 6) is -0.454. The van der Waals surface area contributed by atoms with Crippen molar-refractivity contribution in [3.8, 4) is 0 Å². The molecule has 2 heterocycles. The van der Waals surface area contributed by atoms with E-state index in [1.165, 1.54) is 18.1 Å². The lowest BCUT2D eigenvalue weighted by molar-refractivity contribution is 0.0690. The van der Waals surface area contributed by atoms with Crippen molar-refractivity contribution >= 4 is 17.5 Å². The number of carboxylic acids is 1. The standard InChI is InChI=1S/C15H16N4O2/c20-15(21)13-8-17-14(9-16-13)18-11-6-7-19(10-11)12-4-2-1-3-5-12/h1-5,8-9,11H,6-7,10H2,(H,17,18)(H,20,21). The molecule has 6 nitrogen and oxygen atoms in total. The van der Waals surface area contributed by atoms with E-state index in [9.17, 15) is 4.79 Å². The van der Waals surface area contributed by atoms with Gasteiger partial charge in [0.2, 0.25) is 0 Å². The molecule has 1 aliphatic rings. The van der Waals surface area contributed by atoms with Crippen molar-refractivity contribution in [2.24, 2.45) is 0 Å². The van der Waals surface area contributed by atoms with Gasteiger partial charge in [0.25, 0.3) is 0 Å². The zero-order chi connectivity index (χ0) is 14.7. The lowest BCUT2D eigenvalue weighted by atomic mass is 10.2. The summed E-state index contributed by atoms with van der Waals surface area (Å²) < 4.78 is 0. The van der Waals surface area contributed by atoms with Gasteiger partial charge in [-0.25, -0.2) is 14.8 Å². The van der Waals surface area contributed by atoms with E-state index in [0.717, 1.165) is 19.5 Å². The van der Waals surface area contributed by atoms with Gasteiger partial charge in [-0.1, -0.05) is 18.2 Å². The summed E-state index contributed by atoms with van der Waals surface area (Å²) in [6.45, 7) is 1.88. The van der Waals surface area contributed by atoms with Crippen LogP contribution in [0.25, 0.3) is 0 Å². The van der Waals surface area contributed by atoms with Crippen molar-refractivity contribution in [1.29, 1.82) is 0 Å². The number of hydrogen-bond acceptors (Lipinski definition) is 5. The van der Waals surface area contributed by atoms with E-state index in [1.807, 2.05) is 18.2 Å². The smallest absolute Gasteiger partial charge is 0.356 e. The third kappa shape index (κ3) is 3.10. The van der Waals surface area contributed by atoms with Crippen LogP contribution in [0.4, 0.5) is 11.5 Å². The monoisotopic (exact) mass is 284 g/mol. The zero-order valence-corrected chi connectivity index (χ0v) is 11.4. The number of nitrogens with zero attached hydrogens (tertiary/aromatic N) is 3. The van der Waals surface area contributed by atoms with E-state index in [1.54, 1.807) is 0 Å². The molecule has 2 aromatic rings. The molecule has 1 unspecified atom stereocenters. The van der Waals surface area contributed by atoms with E-state index in [0.29, 0.717) is 5.82 Å². The Morgan fingerprint density at radius 3 is 2.71 bits per heavy atom. The molecule has 1 aliphatic heterocycles. The Kier molecular flexibility index (Phi) is 3.68. The molecule has 1 saturated heterocycles. The highest BCUT2D eigenvalue weighted by Gasteiger charge is 2.22. The normalized spacial score (nSPS) is 17.7. The second-order valence-electron chi connectivity index (χ2n) is 5.00. The molecule has 0 amide bonds. The Morgan fingerprint density at radius 1 is 1.24 bits per heavy atom. The summed E-state index contributed by atoms with van der Waals surface area (Å²) in [7, 11) is 0. The fourth-order valence-electron chi connectivity index (χ4n) is 2.47. The number of benzene rings is 1. The summed E-state index contributed by atoms with van der Waals surface area (Å²) in [4.78, 5) is 21.0. The van der Waals surface area contributed by atoms with Crippen LogP contribution in [0.5, 0.6) is 0 Å². The number of aromatic carboxylic acids is 1. The summed E-state index contributed by atoms with van der Waals surface area (Å²) >= 11 is 0. The number of anilines is 2. The maximum Gasteiger partial charge on any atom is 0.356 e. The van der Waals surface area contributed by atoms with E-state index in [4.69, 9.17) is 5.11 Å². The Bertz CT molecular complexity index is 615. The molecule has 0 bridgehead atoms. The van der Waals surface area contributed by atoms with Gasteiger partial charge in [-0.2, -0.15) is 0 Å². The minimum absolute atomic E-state index is 0.0436. The molecule has 1 fully saturated rings.